The van der Waals surface area contributed by atoms with Gasteiger partial charge in [0.1, 0.15) is 5.82 Å². The minimum absolute atomic E-state index is 0.627. The Bertz CT molecular complexity index is 242. The van der Waals surface area contributed by atoms with E-state index in [4.69, 9.17) is 0 Å². The first-order valence-corrected chi connectivity index (χ1v) is 4.83. The number of rotatable bonds is 3. The lowest BCUT2D eigenvalue weighted by atomic mass is 10.2. The largest absolute Gasteiger partial charge is 0.369 e. The van der Waals surface area contributed by atoms with Crippen molar-refractivity contribution in [1.29, 1.82) is 0 Å². The molecule has 0 spiro atoms. The summed E-state index contributed by atoms with van der Waals surface area (Å²) in [6.07, 6.45) is 4.39. The van der Waals surface area contributed by atoms with Gasteiger partial charge in [-0.2, -0.15) is 0 Å². The van der Waals surface area contributed by atoms with Gasteiger partial charge in [-0.1, -0.05) is 6.07 Å². The molecule has 70 valence electrons. The molecular weight excluding hydrogens is 162 g/mol. The van der Waals surface area contributed by atoms with Crippen molar-refractivity contribution in [1.82, 2.24) is 10.3 Å². The van der Waals surface area contributed by atoms with Gasteiger partial charge in [-0.25, -0.2) is 4.98 Å². The van der Waals surface area contributed by atoms with Gasteiger partial charge in [0.15, 0.2) is 0 Å². The smallest absolute Gasteiger partial charge is 0.125 e. The Morgan fingerprint density at radius 2 is 2.54 bits per heavy atom. The Morgan fingerprint density at radius 3 is 3.23 bits per heavy atom. The number of hydrogen-bond donors (Lipinski definition) is 2. The van der Waals surface area contributed by atoms with E-state index >= 15 is 0 Å². The maximum Gasteiger partial charge on any atom is 0.125 e. The van der Waals surface area contributed by atoms with E-state index < -0.39 is 0 Å². The molecule has 3 heteroatoms. The third-order valence-electron chi connectivity index (χ3n) is 2.36. The fraction of sp³-hybridized carbons (Fsp3) is 0.500. The number of pyridine rings is 1. The highest BCUT2D eigenvalue weighted by molar-refractivity contribution is 5.33. The molecule has 0 aromatic carbocycles. The van der Waals surface area contributed by atoms with E-state index in [1.807, 2.05) is 24.4 Å². The first kappa shape index (κ1) is 8.51. The van der Waals surface area contributed by atoms with Crippen molar-refractivity contribution in [3.05, 3.63) is 24.4 Å². The van der Waals surface area contributed by atoms with Gasteiger partial charge in [-0.15, -0.1) is 0 Å². The van der Waals surface area contributed by atoms with Crippen LogP contribution in [0.3, 0.4) is 0 Å². The number of hydrogen-bond acceptors (Lipinski definition) is 3. The van der Waals surface area contributed by atoms with Gasteiger partial charge in [0.25, 0.3) is 0 Å². The van der Waals surface area contributed by atoms with Crippen molar-refractivity contribution >= 4 is 5.82 Å². The molecule has 1 aromatic heterocycles. The molecule has 2 heterocycles. The third kappa shape index (κ3) is 2.42. The van der Waals surface area contributed by atoms with Crippen LogP contribution < -0.4 is 10.6 Å². The summed E-state index contributed by atoms with van der Waals surface area (Å²) < 4.78 is 0. The van der Waals surface area contributed by atoms with Gasteiger partial charge >= 0.3 is 0 Å². The van der Waals surface area contributed by atoms with Gasteiger partial charge in [0.2, 0.25) is 0 Å². The summed E-state index contributed by atoms with van der Waals surface area (Å²) in [5.74, 6) is 0.969. The molecule has 0 aliphatic carbocycles. The van der Waals surface area contributed by atoms with Crippen LogP contribution in [0.15, 0.2) is 24.4 Å². The molecule has 0 amide bonds. The average Bonchev–Trinajstić information content (AvgIpc) is 2.69. The summed E-state index contributed by atoms with van der Waals surface area (Å²) in [7, 11) is 0. The van der Waals surface area contributed by atoms with Crippen LogP contribution in [0.1, 0.15) is 12.8 Å². The van der Waals surface area contributed by atoms with Gasteiger partial charge in [0.05, 0.1) is 0 Å². The molecule has 1 atom stereocenters. The highest BCUT2D eigenvalue weighted by Gasteiger charge is 2.12. The second-order valence-corrected chi connectivity index (χ2v) is 3.39. The predicted octanol–water partition coefficient (Wildman–Crippen LogP) is 1.25. The zero-order valence-corrected chi connectivity index (χ0v) is 7.66. The summed E-state index contributed by atoms with van der Waals surface area (Å²) in [6, 6.07) is 6.55. The molecule has 13 heavy (non-hydrogen) atoms. The summed E-state index contributed by atoms with van der Waals surface area (Å²) in [4.78, 5) is 4.20. The van der Waals surface area contributed by atoms with Crippen LogP contribution in [0.2, 0.25) is 0 Å². The van der Waals surface area contributed by atoms with Crippen LogP contribution in [0, 0.1) is 0 Å². The van der Waals surface area contributed by atoms with Crippen LogP contribution >= 0.6 is 0 Å². The van der Waals surface area contributed by atoms with Crippen molar-refractivity contribution in [2.24, 2.45) is 0 Å². The Labute approximate surface area is 78.6 Å². The number of aromatic nitrogens is 1. The van der Waals surface area contributed by atoms with Gasteiger partial charge in [-0.05, 0) is 31.5 Å². The van der Waals surface area contributed by atoms with E-state index in [2.05, 4.69) is 15.6 Å². The van der Waals surface area contributed by atoms with Crippen LogP contribution in [0.4, 0.5) is 5.82 Å². The van der Waals surface area contributed by atoms with E-state index in [0.29, 0.717) is 6.04 Å². The Morgan fingerprint density at radius 1 is 1.54 bits per heavy atom. The molecular formula is C10H15N3. The average molecular weight is 177 g/mol. The summed E-state index contributed by atoms with van der Waals surface area (Å²) in [5.41, 5.74) is 0. The summed E-state index contributed by atoms with van der Waals surface area (Å²) >= 11 is 0. The van der Waals surface area contributed by atoms with Crippen molar-refractivity contribution in [3.63, 3.8) is 0 Å². The molecule has 1 aromatic rings. The number of anilines is 1. The molecule has 3 nitrogen and oxygen atoms in total. The maximum absolute atomic E-state index is 4.20. The second-order valence-electron chi connectivity index (χ2n) is 3.39. The monoisotopic (exact) mass is 177 g/mol. The third-order valence-corrected chi connectivity index (χ3v) is 2.36. The molecule has 1 aliphatic heterocycles. The maximum atomic E-state index is 4.20. The fourth-order valence-electron chi connectivity index (χ4n) is 1.63. The molecule has 1 aliphatic rings. The lowest BCUT2D eigenvalue weighted by molar-refractivity contribution is 0.632. The normalized spacial score (nSPS) is 21.7. The molecule has 0 bridgehead atoms. The van der Waals surface area contributed by atoms with Crippen molar-refractivity contribution in [2.45, 2.75) is 18.9 Å². The van der Waals surface area contributed by atoms with E-state index in [-0.39, 0.29) is 0 Å². The van der Waals surface area contributed by atoms with Gasteiger partial charge in [-0.3, -0.25) is 0 Å². The quantitative estimate of drug-likeness (QED) is 0.729. The van der Waals surface area contributed by atoms with Crippen molar-refractivity contribution in [2.75, 3.05) is 18.4 Å². The van der Waals surface area contributed by atoms with Crippen LogP contribution in [0.5, 0.6) is 0 Å². The minimum Gasteiger partial charge on any atom is -0.369 e. The molecule has 1 fully saturated rings. The summed E-state index contributed by atoms with van der Waals surface area (Å²) in [6.45, 7) is 2.14. The molecule has 0 unspecified atom stereocenters. The Kier molecular flexibility index (Phi) is 2.77. The molecule has 2 rings (SSSR count). The molecule has 0 radical (unpaired) electrons. The lowest BCUT2D eigenvalue weighted by Crippen LogP contribution is -2.29. The summed E-state index contributed by atoms with van der Waals surface area (Å²) in [5, 5.41) is 6.75. The van der Waals surface area contributed by atoms with Crippen molar-refractivity contribution < 1.29 is 0 Å². The van der Waals surface area contributed by atoms with Gasteiger partial charge in [0, 0.05) is 18.8 Å². The topological polar surface area (TPSA) is 37.0 Å². The first-order valence-electron chi connectivity index (χ1n) is 4.83. The van der Waals surface area contributed by atoms with E-state index in [1.165, 1.54) is 12.8 Å². The molecule has 2 N–H and O–H groups in total. The van der Waals surface area contributed by atoms with Crippen LogP contribution in [0.25, 0.3) is 0 Å². The second kappa shape index (κ2) is 4.23. The van der Waals surface area contributed by atoms with E-state index in [0.717, 1.165) is 18.9 Å². The molecule has 0 saturated carbocycles. The zero-order chi connectivity index (χ0) is 8.93. The Hall–Kier alpha value is -1.09. The van der Waals surface area contributed by atoms with E-state index in [9.17, 15) is 0 Å². The highest BCUT2D eigenvalue weighted by atomic mass is 15.0. The molecule has 1 saturated heterocycles. The predicted molar refractivity (Wildman–Crippen MR) is 53.8 cm³/mol. The number of nitrogens with zero attached hydrogens (tertiary/aromatic N) is 1. The fourth-order valence-corrected chi connectivity index (χ4v) is 1.63. The Balaban J connectivity index is 1.79. The number of nitrogens with one attached hydrogen (secondary N) is 2. The standard InChI is InChI=1S/C10H15N3/c1-2-6-12-10(5-1)13-8-9-4-3-7-11-9/h1-2,5-6,9,11H,3-4,7-8H2,(H,12,13)/t9-/m0/s1. The van der Waals surface area contributed by atoms with Crippen LogP contribution in [-0.4, -0.2) is 24.1 Å². The van der Waals surface area contributed by atoms with Crippen LogP contribution in [-0.2, 0) is 0 Å². The minimum atomic E-state index is 0.627. The highest BCUT2D eigenvalue weighted by Crippen LogP contribution is 2.06. The lowest BCUT2D eigenvalue weighted by Gasteiger charge is -2.11. The van der Waals surface area contributed by atoms with Crippen molar-refractivity contribution in [3.8, 4) is 0 Å². The first-order chi connectivity index (χ1) is 6.45. The van der Waals surface area contributed by atoms with E-state index in [1.54, 1.807) is 0 Å². The SMILES string of the molecule is c1ccc(NC[C@@H]2CCCN2)nc1. The zero-order valence-electron chi connectivity index (χ0n) is 7.66. The van der Waals surface area contributed by atoms with Gasteiger partial charge < -0.3 is 10.6 Å².